The second-order valence-electron chi connectivity index (χ2n) is 4.25. The molecule has 0 saturated heterocycles. The summed E-state index contributed by atoms with van der Waals surface area (Å²) in [6.45, 7) is 0.484. The molecule has 0 aliphatic carbocycles. The van der Waals surface area contributed by atoms with Crippen molar-refractivity contribution in [3.05, 3.63) is 65.5 Å². The van der Waals surface area contributed by atoms with Crippen LogP contribution in [0.15, 0.2) is 48.7 Å². The third kappa shape index (κ3) is 4.12. The van der Waals surface area contributed by atoms with Gasteiger partial charge in [-0.05, 0) is 29.8 Å². The number of rotatable bonds is 4. The Labute approximate surface area is 122 Å². The number of amides is 2. The number of aromatic nitrogens is 1. The largest absolute Gasteiger partial charge is 0.380 e. The molecular formula is C15H15N3O3. The lowest BCUT2D eigenvalue weighted by atomic mass is 10.1. The normalized spacial score (nSPS) is 9.95. The van der Waals surface area contributed by atoms with Crippen LogP contribution in [0.1, 0.15) is 26.4 Å². The maximum absolute atomic E-state index is 11.9. The lowest BCUT2D eigenvalue weighted by molar-refractivity contribution is 0.0844. The molecule has 0 aliphatic heterocycles. The van der Waals surface area contributed by atoms with Gasteiger partial charge in [-0.3, -0.25) is 25.4 Å². The lowest BCUT2D eigenvalue weighted by Gasteiger charge is -2.07. The number of nitrogens with one attached hydrogen (secondary N) is 2. The van der Waals surface area contributed by atoms with Crippen molar-refractivity contribution in [2.75, 3.05) is 7.11 Å². The highest BCUT2D eigenvalue weighted by atomic mass is 16.5. The van der Waals surface area contributed by atoms with E-state index in [-0.39, 0.29) is 5.69 Å². The van der Waals surface area contributed by atoms with E-state index in [1.807, 2.05) is 0 Å². The summed E-state index contributed by atoms with van der Waals surface area (Å²) in [5.41, 5.74) is 6.29. The first-order valence-electron chi connectivity index (χ1n) is 6.30. The van der Waals surface area contributed by atoms with Crippen LogP contribution in [-0.2, 0) is 11.3 Å². The smallest absolute Gasteiger partial charge is 0.288 e. The van der Waals surface area contributed by atoms with Crippen LogP contribution >= 0.6 is 0 Å². The molecule has 1 aromatic carbocycles. The highest BCUT2D eigenvalue weighted by molar-refractivity contribution is 5.98. The molecule has 0 aliphatic rings. The first-order chi connectivity index (χ1) is 10.2. The number of pyridine rings is 1. The van der Waals surface area contributed by atoms with Crippen molar-refractivity contribution in [3.63, 3.8) is 0 Å². The molecular weight excluding hydrogens is 270 g/mol. The van der Waals surface area contributed by atoms with Gasteiger partial charge in [0.05, 0.1) is 6.61 Å². The van der Waals surface area contributed by atoms with Crippen molar-refractivity contribution in [2.24, 2.45) is 0 Å². The van der Waals surface area contributed by atoms with Crippen LogP contribution in [-0.4, -0.2) is 23.9 Å². The van der Waals surface area contributed by atoms with Crippen LogP contribution in [0.4, 0.5) is 0 Å². The van der Waals surface area contributed by atoms with Gasteiger partial charge in [0.15, 0.2) is 0 Å². The molecule has 2 rings (SSSR count). The molecule has 2 aromatic rings. The number of nitrogens with zero attached hydrogens (tertiary/aromatic N) is 1. The van der Waals surface area contributed by atoms with Crippen LogP contribution in [0, 0.1) is 0 Å². The van der Waals surface area contributed by atoms with Crippen molar-refractivity contribution in [3.8, 4) is 0 Å². The second kappa shape index (κ2) is 7.16. The van der Waals surface area contributed by atoms with E-state index in [1.165, 1.54) is 6.20 Å². The summed E-state index contributed by atoms with van der Waals surface area (Å²) in [5, 5.41) is 0. The number of hydrogen-bond donors (Lipinski definition) is 2. The van der Waals surface area contributed by atoms with Gasteiger partial charge < -0.3 is 4.74 Å². The Bertz CT molecular complexity index is 612. The van der Waals surface area contributed by atoms with E-state index in [9.17, 15) is 9.59 Å². The quantitative estimate of drug-likeness (QED) is 0.830. The van der Waals surface area contributed by atoms with Crippen LogP contribution in [0.5, 0.6) is 0 Å². The number of hydrogen-bond acceptors (Lipinski definition) is 4. The van der Waals surface area contributed by atoms with Gasteiger partial charge in [0.1, 0.15) is 5.69 Å². The van der Waals surface area contributed by atoms with Crippen LogP contribution in [0.3, 0.4) is 0 Å². The zero-order valence-electron chi connectivity index (χ0n) is 11.5. The van der Waals surface area contributed by atoms with Crippen molar-refractivity contribution in [1.82, 2.24) is 15.8 Å². The van der Waals surface area contributed by atoms with E-state index in [2.05, 4.69) is 15.8 Å². The topological polar surface area (TPSA) is 80.3 Å². The molecule has 1 heterocycles. The molecule has 0 atom stereocenters. The van der Waals surface area contributed by atoms with E-state index in [0.29, 0.717) is 12.2 Å². The Balaban J connectivity index is 1.91. The average Bonchev–Trinajstić information content (AvgIpc) is 2.54. The molecule has 0 spiro atoms. The zero-order chi connectivity index (χ0) is 15.1. The number of carbonyl (C=O) groups excluding carboxylic acids is 2. The molecule has 1 aromatic heterocycles. The van der Waals surface area contributed by atoms with Gasteiger partial charge >= 0.3 is 0 Å². The molecule has 21 heavy (non-hydrogen) atoms. The van der Waals surface area contributed by atoms with Gasteiger partial charge in [0, 0.05) is 18.9 Å². The van der Waals surface area contributed by atoms with Gasteiger partial charge in [-0.25, -0.2) is 0 Å². The predicted octanol–water partition coefficient (Wildman–Crippen LogP) is 1.30. The Morgan fingerprint density at radius 3 is 2.38 bits per heavy atom. The summed E-state index contributed by atoms with van der Waals surface area (Å²) in [7, 11) is 1.60. The molecule has 2 N–H and O–H groups in total. The maximum atomic E-state index is 11.9. The highest BCUT2D eigenvalue weighted by Gasteiger charge is 2.09. The molecule has 0 unspecified atom stereocenters. The third-order valence-electron chi connectivity index (χ3n) is 2.71. The number of hydrazine groups is 1. The molecule has 0 fully saturated rings. The molecule has 108 valence electrons. The first kappa shape index (κ1) is 14.7. The Morgan fingerprint density at radius 1 is 1.05 bits per heavy atom. The van der Waals surface area contributed by atoms with Gasteiger partial charge in [-0.2, -0.15) is 0 Å². The summed E-state index contributed by atoms with van der Waals surface area (Å²) >= 11 is 0. The SMILES string of the molecule is COCc1ccc(C(=O)NNC(=O)c2ccccn2)cc1. The third-order valence-corrected chi connectivity index (χ3v) is 2.71. The van der Waals surface area contributed by atoms with Crippen LogP contribution in [0.25, 0.3) is 0 Å². The number of benzene rings is 1. The molecule has 0 bridgehead atoms. The minimum Gasteiger partial charge on any atom is -0.380 e. The van der Waals surface area contributed by atoms with Crippen molar-refractivity contribution < 1.29 is 14.3 Å². The van der Waals surface area contributed by atoms with Crippen molar-refractivity contribution in [1.29, 1.82) is 0 Å². The van der Waals surface area contributed by atoms with Gasteiger partial charge in [-0.15, -0.1) is 0 Å². The molecule has 6 nitrogen and oxygen atoms in total. The summed E-state index contributed by atoms with van der Waals surface area (Å²) < 4.78 is 4.99. The Hall–Kier alpha value is -2.73. The number of ether oxygens (including phenoxy) is 1. The molecule has 6 heteroatoms. The standard InChI is InChI=1S/C15H15N3O3/c1-21-10-11-5-7-12(8-6-11)14(19)17-18-15(20)13-4-2-3-9-16-13/h2-9H,10H2,1H3,(H,17,19)(H,18,20). The summed E-state index contributed by atoms with van der Waals surface area (Å²) in [4.78, 5) is 27.5. The van der Waals surface area contributed by atoms with Crippen LogP contribution < -0.4 is 10.9 Å². The first-order valence-corrected chi connectivity index (χ1v) is 6.30. The molecule has 0 radical (unpaired) electrons. The lowest BCUT2D eigenvalue weighted by Crippen LogP contribution is -2.41. The second-order valence-corrected chi connectivity index (χ2v) is 4.25. The Kier molecular flexibility index (Phi) is 5.00. The fourth-order valence-corrected chi connectivity index (χ4v) is 1.67. The minimum absolute atomic E-state index is 0.230. The van der Waals surface area contributed by atoms with E-state index in [1.54, 1.807) is 49.6 Å². The van der Waals surface area contributed by atoms with Gasteiger partial charge in [0.25, 0.3) is 11.8 Å². The zero-order valence-corrected chi connectivity index (χ0v) is 11.5. The van der Waals surface area contributed by atoms with E-state index >= 15 is 0 Å². The highest BCUT2D eigenvalue weighted by Crippen LogP contribution is 2.05. The van der Waals surface area contributed by atoms with Gasteiger partial charge in [-0.1, -0.05) is 18.2 Å². The summed E-state index contributed by atoms with van der Waals surface area (Å²) in [5.74, 6) is -0.872. The summed E-state index contributed by atoms with van der Waals surface area (Å²) in [6, 6.07) is 11.9. The van der Waals surface area contributed by atoms with Gasteiger partial charge in [0.2, 0.25) is 0 Å². The fourth-order valence-electron chi connectivity index (χ4n) is 1.67. The van der Waals surface area contributed by atoms with E-state index < -0.39 is 11.8 Å². The Morgan fingerprint density at radius 2 is 1.76 bits per heavy atom. The molecule has 0 saturated carbocycles. The van der Waals surface area contributed by atoms with Crippen LogP contribution in [0.2, 0.25) is 0 Å². The number of methoxy groups -OCH3 is 1. The van der Waals surface area contributed by atoms with E-state index in [4.69, 9.17) is 4.74 Å². The van der Waals surface area contributed by atoms with Crippen molar-refractivity contribution >= 4 is 11.8 Å². The minimum atomic E-state index is -0.472. The summed E-state index contributed by atoms with van der Waals surface area (Å²) in [6.07, 6.45) is 1.51. The van der Waals surface area contributed by atoms with E-state index in [0.717, 1.165) is 5.56 Å². The predicted molar refractivity (Wildman–Crippen MR) is 76.3 cm³/mol. The monoisotopic (exact) mass is 285 g/mol. The molecule has 2 amide bonds. The average molecular weight is 285 g/mol. The van der Waals surface area contributed by atoms with Crippen molar-refractivity contribution in [2.45, 2.75) is 6.61 Å². The maximum Gasteiger partial charge on any atom is 0.288 e. The fraction of sp³-hybridized carbons (Fsp3) is 0.133. The number of carbonyl (C=O) groups is 2.